The van der Waals surface area contributed by atoms with Crippen LogP contribution in [-0.2, 0) is 4.79 Å². The Kier molecular flexibility index (Phi) is 5.24. The molecule has 0 spiro atoms. The predicted octanol–water partition coefficient (Wildman–Crippen LogP) is 3.23. The molecule has 5 nitrogen and oxygen atoms in total. The number of rotatable bonds is 3. The minimum Gasteiger partial charge on any atom is -0.353 e. The fourth-order valence-corrected chi connectivity index (χ4v) is 3.62. The number of benzene rings is 1. The van der Waals surface area contributed by atoms with Crippen LogP contribution >= 0.6 is 11.6 Å². The van der Waals surface area contributed by atoms with Gasteiger partial charge in [0.15, 0.2) is 0 Å². The first-order valence-electron chi connectivity index (χ1n) is 8.47. The number of alkyl halides is 2. The monoisotopic (exact) mass is 407 g/mol. The van der Waals surface area contributed by atoms with Gasteiger partial charge in [-0.3, -0.25) is 4.79 Å². The molecule has 0 radical (unpaired) electrons. The van der Waals surface area contributed by atoms with Crippen LogP contribution in [-0.4, -0.2) is 41.9 Å². The van der Waals surface area contributed by atoms with Gasteiger partial charge in [0.1, 0.15) is 22.7 Å². The summed E-state index contributed by atoms with van der Waals surface area (Å²) >= 11 is 5.60. The Morgan fingerprint density at radius 1 is 1.37 bits per heavy atom. The zero-order chi connectivity index (χ0) is 19.9. The molecule has 1 aliphatic carbocycles. The Morgan fingerprint density at radius 2 is 2.04 bits per heavy atom. The Morgan fingerprint density at radius 3 is 2.67 bits per heavy atom. The molecule has 0 aromatic heterocycles. The molecule has 2 atom stereocenters. The number of piperazine rings is 1. The van der Waals surface area contributed by atoms with Gasteiger partial charge in [0.2, 0.25) is 11.8 Å². The van der Waals surface area contributed by atoms with Crippen molar-refractivity contribution in [3.63, 3.8) is 0 Å². The summed E-state index contributed by atoms with van der Waals surface area (Å²) in [5.41, 5.74) is -0.163. The molecule has 27 heavy (non-hydrogen) atoms. The number of urea groups is 1. The standard InChI is InChI=1S/C17H18ClF4N3O2/c1-8-15(26)23-4-5-25(8)16(27)24-14(9-6-17(21,22)7-9)10-2-3-11(19)12(18)13(10)20/h2-3,8-9,14H,4-7H2,1H3,(H,23,26)(H,24,27)/t8-,14?/m1/s1. The fourth-order valence-electron chi connectivity index (χ4n) is 3.45. The summed E-state index contributed by atoms with van der Waals surface area (Å²) in [7, 11) is 0. The van der Waals surface area contributed by atoms with Crippen molar-refractivity contribution >= 4 is 23.5 Å². The molecule has 1 unspecified atom stereocenters. The van der Waals surface area contributed by atoms with E-state index in [2.05, 4.69) is 10.6 Å². The van der Waals surface area contributed by atoms with Crippen LogP contribution in [0.5, 0.6) is 0 Å². The maximum atomic E-state index is 14.5. The van der Waals surface area contributed by atoms with Crippen molar-refractivity contribution in [3.05, 3.63) is 34.4 Å². The summed E-state index contributed by atoms with van der Waals surface area (Å²) in [5, 5.41) is 4.37. The normalized spacial score (nSPS) is 23.4. The van der Waals surface area contributed by atoms with Crippen molar-refractivity contribution in [1.82, 2.24) is 15.5 Å². The van der Waals surface area contributed by atoms with Gasteiger partial charge in [-0.2, -0.15) is 0 Å². The molecule has 1 heterocycles. The van der Waals surface area contributed by atoms with E-state index < -0.39 is 59.5 Å². The summed E-state index contributed by atoms with van der Waals surface area (Å²) in [4.78, 5) is 25.6. The van der Waals surface area contributed by atoms with Crippen LogP contribution in [0.2, 0.25) is 5.02 Å². The number of nitrogens with one attached hydrogen (secondary N) is 2. The summed E-state index contributed by atoms with van der Waals surface area (Å²) in [6, 6.07) is -0.550. The molecule has 1 saturated carbocycles. The van der Waals surface area contributed by atoms with Gasteiger partial charge in [0.25, 0.3) is 0 Å². The third kappa shape index (κ3) is 3.83. The maximum absolute atomic E-state index is 14.5. The van der Waals surface area contributed by atoms with Crippen molar-refractivity contribution in [1.29, 1.82) is 0 Å². The van der Waals surface area contributed by atoms with Gasteiger partial charge in [-0.25, -0.2) is 22.4 Å². The van der Waals surface area contributed by atoms with E-state index in [-0.39, 0.29) is 24.6 Å². The minimum absolute atomic E-state index is 0.163. The van der Waals surface area contributed by atoms with Gasteiger partial charge in [0.05, 0.1) is 6.04 Å². The second-order valence-electron chi connectivity index (χ2n) is 6.88. The van der Waals surface area contributed by atoms with Gasteiger partial charge in [0, 0.05) is 31.5 Å². The second-order valence-corrected chi connectivity index (χ2v) is 7.25. The fraction of sp³-hybridized carbons (Fsp3) is 0.529. The molecule has 1 aromatic carbocycles. The van der Waals surface area contributed by atoms with E-state index in [0.29, 0.717) is 0 Å². The molecule has 148 valence electrons. The molecule has 2 N–H and O–H groups in total. The highest BCUT2D eigenvalue weighted by atomic mass is 35.5. The second kappa shape index (κ2) is 7.18. The third-order valence-electron chi connectivity index (χ3n) is 5.03. The Balaban J connectivity index is 1.86. The van der Waals surface area contributed by atoms with Crippen LogP contribution < -0.4 is 10.6 Å². The molecule has 1 aliphatic heterocycles. The van der Waals surface area contributed by atoms with E-state index in [1.165, 1.54) is 11.8 Å². The number of hydrogen-bond donors (Lipinski definition) is 2. The van der Waals surface area contributed by atoms with Crippen LogP contribution in [0.25, 0.3) is 0 Å². The molecule has 3 amide bonds. The number of hydrogen-bond acceptors (Lipinski definition) is 2. The van der Waals surface area contributed by atoms with Crippen molar-refractivity contribution in [2.45, 2.75) is 37.8 Å². The van der Waals surface area contributed by atoms with E-state index in [1.807, 2.05) is 0 Å². The lowest BCUT2D eigenvalue weighted by Crippen LogP contribution is -2.59. The van der Waals surface area contributed by atoms with Crippen LogP contribution in [0, 0.1) is 17.6 Å². The lowest BCUT2D eigenvalue weighted by atomic mass is 9.74. The van der Waals surface area contributed by atoms with E-state index in [9.17, 15) is 27.2 Å². The third-order valence-corrected chi connectivity index (χ3v) is 5.38. The van der Waals surface area contributed by atoms with E-state index >= 15 is 0 Å². The highest BCUT2D eigenvalue weighted by Crippen LogP contribution is 2.49. The highest BCUT2D eigenvalue weighted by molar-refractivity contribution is 6.31. The van der Waals surface area contributed by atoms with Crippen molar-refractivity contribution in [2.75, 3.05) is 13.1 Å². The lowest BCUT2D eigenvalue weighted by molar-refractivity contribution is -0.127. The van der Waals surface area contributed by atoms with Crippen molar-refractivity contribution < 1.29 is 27.2 Å². The van der Waals surface area contributed by atoms with E-state index in [4.69, 9.17) is 11.6 Å². The molecule has 1 aromatic rings. The van der Waals surface area contributed by atoms with Gasteiger partial charge >= 0.3 is 6.03 Å². The summed E-state index contributed by atoms with van der Waals surface area (Å²) < 4.78 is 54.6. The van der Waals surface area contributed by atoms with Crippen LogP contribution in [0.4, 0.5) is 22.4 Å². The first kappa shape index (κ1) is 19.7. The van der Waals surface area contributed by atoms with Gasteiger partial charge in [-0.05, 0) is 18.9 Å². The molecule has 2 fully saturated rings. The Labute approximate surface area is 158 Å². The van der Waals surface area contributed by atoms with Gasteiger partial charge < -0.3 is 15.5 Å². The SMILES string of the molecule is C[C@@H]1C(=O)NCCN1C(=O)NC(c1ccc(F)c(Cl)c1F)C1CC(F)(F)C1. The molecular formula is C17H18ClF4N3O2. The molecule has 1 saturated heterocycles. The highest BCUT2D eigenvalue weighted by Gasteiger charge is 2.50. The van der Waals surface area contributed by atoms with Gasteiger partial charge in [-0.15, -0.1) is 0 Å². The molecule has 10 heteroatoms. The van der Waals surface area contributed by atoms with Crippen LogP contribution in [0.3, 0.4) is 0 Å². The van der Waals surface area contributed by atoms with E-state index in [1.54, 1.807) is 0 Å². The Hall–Kier alpha value is -2.03. The molecule has 3 rings (SSSR count). The van der Waals surface area contributed by atoms with Gasteiger partial charge in [-0.1, -0.05) is 17.7 Å². The maximum Gasteiger partial charge on any atom is 0.318 e. The molecular weight excluding hydrogens is 390 g/mol. The van der Waals surface area contributed by atoms with Crippen molar-refractivity contribution in [3.8, 4) is 0 Å². The molecule has 2 aliphatic rings. The average molecular weight is 408 g/mol. The number of halogens is 5. The number of amides is 3. The van der Waals surface area contributed by atoms with Crippen LogP contribution in [0.15, 0.2) is 12.1 Å². The largest absolute Gasteiger partial charge is 0.353 e. The first-order chi connectivity index (χ1) is 12.6. The summed E-state index contributed by atoms with van der Waals surface area (Å²) in [6.07, 6.45) is -1.08. The number of nitrogens with zero attached hydrogens (tertiary/aromatic N) is 1. The zero-order valence-electron chi connectivity index (χ0n) is 14.4. The van der Waals surface area contributed by atoms with Crippen molar-refractivity contribution in [2.24, 2.45) is 5.92 Å². The average Bonchev–Trinajstić information content (AvgIpc) is 2.58. The lowest BCUT2D eigenvalue weighted by Gasteiger charge is -2.42. The smallest absolute Gasteiger partial charge is 0.318 e. The zero-order valence-corrected chi connectivity index (χ0v) is 15.1. The summed E-state index contributed by atoms with van der Waals surface area (Å²) in [6.45, 7) is 1.99. The van der Waals surface area contributed by atoms with Crippen LogP contribution in [0.1, 0.15) is 31.4 Å². The predicted molar refractivity (Wildman–Crippen MR) is 89.5 cm³/mol. The summed E-state index contributed by atoms with van der Waals surface area (Å²) in [5.74, 6) is -6.07. The first-order valence-corrected chi connectivity index (χ1v) is 8.84. The minimum atomic E-state index is -2.90. The number of carbonyl (C=O) groups excluding carboxylic acids is 2. The number of carbonyl (C=O) groups is 2. The quantitative estimate of drug-likeness (QED) is 0.597. The Bertz CT molecular complexity index is 769. The molecule has 0 bridgehead atoms. The van der Waals surface area contributed by atoms with E-state index in [0.717, 1.165) is 12.1 Å². The topological polar surface area (TPSA) is 61.4 Å².